The van der Waals surface area contributed by atoms with Gasteiger partial charge in [0.25, 0.3) is 0 Å². The zero-order valence-corrected chi connectivity index (χ0v) is 11.0. The SMILES string of the molecule is Cc1nn(C)c(N2CCCCC2C(N)=O)c1CN. The summed E-state index contributed by atoms with van der Waals surface area (Å²) in [7, 11) is 1.88. The molecule has 0 bridgehead atoms. The van der Waals surface area contributed by atoms with Crippen molar-refractivity contribution in [3.63, 3.8) is 0 Å². The molecule has 1 unspecified atom stereocenters. The van der Waals surface area contributed by atoms with Gasteiger partial charge in [-0.1, -0.05) is 0 Å². The fourth-order valence-electron chi connectivity index (χ4n) is 2.77. The number of anilines is 1. The second kappa shape index (κ2) is 4.97. The summed E-state index contributed by atoms with van der Waals surface area (Å²) in [5, 5.41) is 4.39. The van der Waals surface area contributed by atoms with Crippen LogP contribution in [0.25, 0.3) is 0 Å². The summed E-state index contributed by atoms with van der Waals surface area (Å²) >= 11 is 0. The van der Waals surface area contributed by atoms with Crippen molar-refractivity contribution >= 4 is 11.7 Å². The number of carbonyl (C=O) groups is 1. The van der Waals surface area contributed by atoms with Gasteiger partial charge in [-0.15, -0.1) is 0 Å². The highest BCUT2D eigenvalue weighted by atomic mass is 16.1. The number of hydrogen-bond acceptors (Lipinski definition) is 4. The molecule has 6 nitrogen and oxygen atoms in total. The fraction of sp³-hybridized carbons (Fsp3) is 0.667. The summed E-state index contributed by atoms with van der Waals surface area (Å²) in [5.74, 6) is 0.676. The highest BCUT2D eigenvalue weighted by molar-refractivity contribution is 5.83. The van der Waals surface area contributed by atoms with Crippen molar-refractivity contribution in [3.05, 3.63) is 11.3 Å². The first kappa shape index (κ1) is 12.9. The summed E-state index contributed by atoms with van der Waals surface area (Å²) < 4.78 is 1.80. The van der Waals surface area contributed by atoms with Crippen LogP contribution in [-0.4, -0.2) is 28.3 Å². The van der Waals surface area contributed by atoms with E-state index in [1.807, 2.05) is 14.0 Å². The molecule has 1 aromatic rings. The zero-order chi connectivity index (χ0) is 13.3. The second-order valence-electron chi connectivity index (χ2n) is 4.82. The van der Waals surface area contributed by atoms with Gasteiger partial charge in [-0.2, -0.15) is 5.10 Å². The molecule has 1 atom stereocenters. The monoisotopic (exact) mass is 251 g/mol. The number of amides is 1. The minimum absolute atomic E-state index is 0.237. The third-order valence-electron chi connectivity index (χ3n) is 3.62. The lowest BCUT2D eigenvalue weighted by atomic mass is 10.0. The minimum Gasteiger partial charge on any atom is -0.368 e. The Balaban J connectivity index is 2.42. The van der Waals surface area contributed by atoms with E-state index in [0.29, 0.717) is 6.54 Å². The van der Waals surface area contributed by atoms with Gasteiger partial charge in [0.15, 0.2) is 0 Å². The third kappa shape index (κ3) is 2.08. The van der Waals surface area contributed by atoms with E-state index < -0.39 is 0 Å². The highest BCUT2D eigenvalue weighted by Crippen LogP contribution is 2.29. The van der Waals surface area contributed by atoms with Crippen molar-refractivity contribution in [3.8, 4) is 0 Å². The van der Waals surface area contributed by atoms with E-state index in [9.17, 15) is 4.79 Å². The first-order valence-corrected chi connectivity index (χ1v) is 6.34. The fourth-order valence-corrected chi connectivity index (χ4v) is 2.77. The van der Waals surface area contributed by atoms with Gasteiger partial charge in [0.2, 0.25) is 5.91 Å². The summed E-state index contributed by atoms with van der Waals surface area (Å²) in [6.07, 6.45) is 2.92. The van der Waals surface area contributed by atoms with Crippen molar-refractivity contribution in [1.29, 1.82) is 0 Å². The van der Waals surface area contributed by atoms with Gasteiger partial charge in [0, 0.05) is 25.7 Å². The molecule has 1 saturated heterocycles. The van der Waals surface area contributed by atoms with Crippen LogP contribution in [0.5, 0.6) is 0 Å². The van der Waals surface area contributed by atoms with E-state index in [-0.39, 0.29) is 11.9 Å². The van der Waals surface area contributed by atoms with E-state index in [2.05, 4.69) is 10.00 Å². The van der Waals surface area contributed by atoms with Crippen LogP contribution in [0.1, 0.15) is 30.5 Å². The predicted octanol–water partition coefficient (Wildman–Crippen LogP) is 0.0314. The van der Waals surface area contributed by atoms with Crippen molar-refractivity contribution < 1.29 is 4.79 Å². The molecule has 0 spiro atoms. The average molecular weight is 251 g/mol. The maximum atomic E-state index is 11.6. The Morgan fingerprint density at radius 1 is 1.50 bits per heavy atom. The van der Waals surface area contributed by atoms with Crippen LogP contribution in [0, 0.1) is 6.92 Å². The van der Waals surface area contributed by atoms with Crippen LogP contribution in [0.3, 0.4) is 0 Å². The number of primary amides is 1. The normalized spacial score (nSPS) is 20.2. The number of nitrogens with zero attached hydrogens (tertiary/aromatic N) is 3. The lowest BCUT2D eigenvalue weighted by Crippen LogP contribution is -2.49. The molecule has 0 radical (unpaired) electrons. The van der Waals surface area contributed by atoms with Crippen molar-refractivity contribution in [1.82, 2.24) is 9.78 Å². The standard InChI is InChI=1S/C12H21N5O/c1-8-9(7-13)12(16(2)15-8)17-6-4-3-5-10(17)11(14)18/h10H,3-7,13H2,1-2H3,(H2,14,18). The lowest BCUT2D eigenvalue weighted by molar-refractivity contribution is -0.119. The van der Waals surface area contributed by atoms with Gasteiger partial charge < -0.3 is 16.4 Å². The molecular weight excluding hydrogens is 230 g/mol. The van der Waals surface area contributed by atoms with Crippen LogP contribution in [0.2, 0.25) is 0 Å². The first-order valence-electron chi connectivity index (χ1n) is 6.34. The Morgan fingerprint density at radius 2 is 2.22 bits per heavy atom. The maximum absolute atomic E-state index is 11.6. The van der Waals surface area contributed by atoms with Crippen LogP contribution in [0.4, 0.5) is 5.82 Å². The maximum Gasteiger partial charge on any atom is 0.240 e. The van der Waals surface area contributed by atoms with Crippen molar-refractivity contribution in [2.24, 2.45) is 18.5 Å². The van der Waals surface area contributed by atoms with Gasteiger partial charge in [-0.05, 0) is 26.2 Å². The Morgan fingerprint density at radius 3 is 2.83 bits per heavy atom. The molecule has 1 fully saturated rings. The molecule has 2 heterocycles. The first-order chi connectivity index (χ1) is 8.56. The Kier molecular flexibility index (Phi) is 3.56. The largest absolute Gasteiger partial charge is 0.368 e. The van der Waals surface area contributed by atoms with E-state index in [1.54, 1.807) is 4.68 Å². The topological polar surface area (TPSA) is 90.2 Å². The summed E-state index contributed by atoms with van der Waals surface area (Å²) in [4.78, 5) is 13.6. The number of carbonyl (C=O) groups excluding carboxylic acids is 1. The van der Waals surface area contributed by atoms with Crippen molar-refractivity contribution in [2.75, 3.05) is 11.4 Å². The van der Waals surface area contributed by atoms with Gasteiger partial charge in [-0.3, -0.25) is 9.48 Å². The van der Waals surface area contributed by atoms with Crippen molar-refractivity contribution in [2.45, 2.75) is 38.8 Å². The molecular formula is C12H21N5O. The number of nitrogens with two attached hydrogens (primary N) is 2. The molecule has 18 heavy (non-hydrogen) atoms. The lowest BCUT2D eigenvalue weighted by Gasteiger charge is -2.35. The quantitative estimate of drug-likeness (QED) is 0.793. The van der Waals surface area contributed by atoms with E-state index in [1.165, 1.54) is 0 Å². The Hall–Kier alpha value is -1.56. The van der Waals surface area contributed by atoms with Gasteiger partial charge in [0.1, 0.15) is 11.9 Å². The molecule has 4 N–H and O–H groups in total. The molecule has 0 aliphatic carbocycles. The molecule has 1 aromatic heterocycles. The second-order valence-corrected chi connectivity index (χ2v) is 4.82. The van der Waals surface area contributed by atoms with Gasteiger partial charge in [-0.25, -0.2) is 0 Å². The average Bonchev–Trinajstić information content (AvgIpc) is 2.63. The summed E-state index contributed by atoms with van der Waals surface area (Å²) in [6, 6.07) is -0.237. The van der Waals surface area contributed by atoms with Gasteiger partial charge >= 0.3 is 0 Å². The minimum atomic E-state index is -0.267. The summed E-state index contributed by atoms with van der Waals surface area (Å²) in [6.45, 7) is 3.20. The third-order valence-corrected chi connectivity index (χ3v) is 3.62. The van der Waals surface area contributed by atoms with E-state index in [0.717, 1.165) is 42.9 Å². The summed E-state index contributed by atoms with van der Waals surface area (Å²) in [5.41, 5.74) is 13.2. The Labute approximate surface area is 107 Å². The molecule has 2 rings (SSSR count). The van der Waals surface area contributed by atoms with E-state index in [4.69, 9.17) is 11.5 Å². The van der Waals surface area contributed by atoms with Gasteiger partial charge in [0.05, 0.1) is 5.69 Å². The molecule has 1 aliphatic heterocycles. The predicted molar refractivity (Wildman–Crippen MR) is 70.0 cm³/mol. The van der Waals surface area contributed by atoms with Crippen LogP contribution < -0.4 is 16.4 Å². The molecule has 0 saturated carbocycles. The molecule has 6 heteroatoms. The number of piperidine rings is 1. The smallest absolute Gasteiger partial charge is 0.240 e. The number of hydrogen-bond donors (Lipinski definition) is 2. The molecule has 0 aromatic carbocycles. The number of aromatic nitrogens is 2. The van der Waals surface area contributed by atoms with Crippen LogP contribution in [-0.2, 0) is 18.4 Å². The molecule has 100 valence electrons. The number of aryl methyl sites for hydroxylation is 2. The highest BCUT2D eigenvalue weighted by Gasteiger charge is 2.31. The van der Waals surface area contributed by atoms with Crippen LogP contribution in [0.15, 0.2) is 0 Å². The molecule has 1 aliphatic rings. The Bertz CT molecular complexity index is 454. The molecule has 1 amide bonds. The number of rotatable bonds is 3. The zero-order valence-electron chi connectivity index (χ0n) is 11.0. The van der Waals surface area contributed by atoms with E-state index >= 15 is 0 Å². The van der Waals surface area contributed by atoms with Crippen LogP contribution >= 0.6 is 0 Å².